The molecule has 0 radical (unpaired) electrons. The molecule has 0 aliphatic carbocycles. The lowest BCUT2D eigenvalue weighted by Crippen LogP contribution is -3.00. The van der Waals surface area contributed by atoms with Gasteiger partial charge in [0.2, 0.25) is 0 Å². The topological polar surface area (TPSA) is 185 Å². The van der Waals surface area contributed by atoms with E-state index in [1.807, 2.05) is 48.5 Å². The highest BCUT2D eigenvalue weighted by molar-refractivity contribution is 6.31. The minimum absolute atomic E-state index is 0. The average Bonchev–Trinajstić information content (AvgIpc) is 3.26. The van der Waals surface area contributed by atoms with Crippen LogP contribution < -0.4 is 38.7 Å². The van der Waals surface area contributed by atoms with Crippen LogP contribution in [0, 0.1) is 0 Å². The molecule has 63 heavy (non-hydrogen) atoms. The summed E-state index contributed by atoms with van der Waals surface area (Å²) in [4.78, 5) is 54.4. The number of quaternary nitrogens is 1. The van der Waals surface area contributed by atoms with E-state index in [4.69, 9.17) is 32.5 Å². The number of aryl methyl sites for hydroxylation is 4. The summed E-state index contributed by atoms with van der Waals surface area (Å²) in [5, 5.41) is 3.10. The Morgan fingerprint density at radius 1 is 0.667 bits per heavy atom. The zero-order valence-corrected chi connectivity index (χ0v) is 38.3. The molecule has 338 valence electrons. The number of ketones is 2. The number of halogens is 4. The molecule has 0 bridgehead atoms. The van der Waals surface area contributed by atoms with Crippen LogP contribution in [0.1, 0.15) is 71.3 Å². The molecule has 1 aliphatic rings. The summed E-state index contributed by atoms with van der Waals surface area (Å²) in [6.45, 7) is 3.74. The second kappa shape index (κ2) is 26.5. The Morgan fingerprint density at radius 2 is 1.13 bits per heavy atom. The summed E-state index contributed by atoms with van der Waals surface area (Å²) in [6, 6.07) is 23.6. The highest BCUT2D eigenvalue weighted by Crippen LogP contribution is 2.25. The number of hydrogen-bond acceptors (Lipinski definition) is 11. The van der Waals surface area contributed by atoms with Gasteiger partial charge in [0.1, 0.15) is 24.7 Å². The van der Waals surface area contributed by atoms with Gasteiger partial charge >= 0.3 is 0 Å². The number of nitrogens with two attached hydrogens (primary N) is 2. The molecular formula is C46H56Cl4N8O5. The van der Waals surface area contributed by atoms with E-state index in [0.717, 1.165) is 80.3 Å². The molecule has 2 aromatic carbocycles. The largest absolute Gasteiger partial charge is 1.00 e. The van der Waals surface area contributed by atoms with E-state index in [2.05, 4.69) is 49.5 Å². The summed E-state index contributed by atoms with van der Waals surface area (Å²) < 4.78 is 12.5. The van der Waals surface area contributed by atoms with Crippen molar-refractivity contribution in [1.29, 1.82) is 0 Å². The Labute approximate surface area is 393 Å². The summed E-state index contributed by atoms with van der Waals surface area (Å²) in [5.74, 6) is 0.963. The number of nitrogens with zero attached hydrogens (tertiary/aromatic N) is 5. The number of aromatic nitrogens is 4. The van der Waals surface area contributed by atoms with Crippen LogP contribution in [0.15, 0.2) is 97.6 Å². The van der Waals surface area contributed by atoms with Crippen LogP contribution in [0.4, 0.5) is 11.6 Å². The Bertz CT molecular complexity index is 2060. The van der Waals surface area contributed by atoms with Crippen LogP contribution in [0.5, 0.6) is 11.5 Å². The molecule has 6 rings (SSSR count). The summed E-state index contributed by atoms with van der Waals surface area (Å²) in [7, 11) is 0. The maximum Gasteiger partial charge on any atom is 0.274 e. The van der Waals surface area contributed by atoms with Gasteiger partial charge < -0.3 is 43.1 Å². The monoisotopic (exact) mass is 940 g/mol. The molecule has 17 heteroatoms. The summed E-state index contributed by atoms with van der Waals surface area (Å²) >= 11 is 6.09. The quantitative estimate of drug-likeness (QED) is 0.0851. The normalized spacial score (nSPS) is 13.9. The molecule has 1 saturated heterocycles. The number of benzene rings is 2. The molecule has 3 aromatic heterocycles. The van der Waals surface area contributed by atoms with Crippen LogP contribution in [-0.2, 0) is 35.3 Å². The number of nitrogens with one attached hydrogen (secondary N) is 1. The molecule has 1 fully saturated rings. The Kier molecular flexibility index (Phi) is 22.0. The molecule has 5 N–H and O–H groups in total. The number of nitrogen functional groups attached to an aromatic ring is 2. The zero-order valence-electron chi connectivity index (χ0n) is 35.1. The number of rotatable bonds is 22. The first-order valence-corrected chi connectivity index (χ1v) is 21.0. The van der Waals surface area contributed by atoms with Crippen LogP contribution in [-0.4, -0.2) is 87.3 Å². The van der Waals surface area contributed by atoms with Crippen molar-refractivity contribution in [2.45, 2.75) is 70.3 Å². The fourth-order valence-corrected chi connectivity index (χ4v) is 7.83. The van der Waals surface area contributed by atoms with Crippen LogP contribution in [0.2, 0.25) is 5.15 Å². The van der Waals surface area contributed by atoms with Gasteiger partial charge in [0, 0.05) is 50.5 Å². The van der Waals surface area contributed by atoms with Gasteiger partial charge in [-0.2, -0.15) is 0 Å². The zero-order chi connectivity index (χ0) is 42.2. The van der Waals surface area contributed by atoms with E-state index in [9.17, 15) is 14.4 Å². The third kappa shape index (κ3) is 16.9. The predicted molar refractivity (Wildman–Crippen MR) is 246 cm³/mol. The first-order valence-electron chi connectivity index (χ1n) is 20.6. The number of carbonyl (C=O) groups excluding carboxylic acids is 3. The number of piperidine rings is 1. The molecule has 1 aliphatic heterocycles. The van der Waals surface area contributed by atoms with Crippen molar-refractivity contribution in [2.75, 3.05) is 50.9 Å². The lowest BCUT2D eigenvalue weighted by molar-refractivity contribution is -0.933. The van der Waals surface area contributed by atoms with Crippen molar-refractivity contribution in [3.05, 3.63) is 131 Å². The molecule has 0 unspecified atom stereocenters. The van der Waals surface area contributed by atoms with Gasteiger partial charge in [-0.1, -0.05) is 35.9 Å². The Morgan fingerprint density at radius 3 is 1.60 bits per heavy atom. The lowest BCUT2D eigenvalue weighted by atomic mass is 9.99. The number of Topliss-reactive ketones (excluding diaryl/α,β-unsaturated/α-hetero) is 2. The van der Waals surface area contributed by atoms with Gasteiger partial charge in [-0.15, -0.1) is 24.8 Å². The number of likely N-dealkylation sites (tertiary alicyclic amines) is 1. The van der Waals surface area contributed by atoms with E-state index in [1.54, 1.807) is 24.8 Å². The summed E-state index contributed by atoms with van der Waals surface area (Å²) in [5.41, 5.74) is 16.3. The van der Waals surface area contributed by atoms with Crippen LogP contribution in [0.25, 0.3) is 0 Å². The number of hydrogen-bond donors (Lipinski definition) is 3. The molecule has 0 spiro atoms. The number of pyridine rings is 2. The smallest absolute Gasteiger partial charge is 0.274 e. The van der Waals surface area contributed by atoms with Crippen molar-refractivity contribution in [1.82, 2.24) is 25.3 Å². The van der Waals surface area contributed by atoms with Gasteiger partial charge in [0.05, 0.1) is 32.2 Å². The van der Waals surface area contributed by atoms with Crippen molar-refractivity contribution in [3.63, 3.8) is 0 Å². The SMILES string of the molecule is Cl.Cl.Nc1nc(N)c(C(=O)N[C@H]2CCC[N+](CCCc3ccc(OCC(=O)CCc4ccncc4)cc3)(CCCc3ccc(OCC(=O)CCc4ccncc4)cc3)C2)nc1Cl.[Cl-]. The molecule has 0 saturated carbocycles. The van der Waals surface area contributed by atoms with Crippen LogP contribution in [0.3, 0.4) is 0 Å². The van der Waals surface area contributed by atoms with Gasteiger partial charge in [0.15, 0.2) is 34.0 Å². The van der Waals surface area contributed by atoms with Crippen molar-refractivity contribution < 1.29 is 40.7 Å². The van der Waals surface area contributed by atoms with Gasteiger partial charge in [-0.3, -0.25) is 24.4 Å². The average molecular weight is 943 g/mol. The summed E-state index contributed by atoms with van der Waals surface area (Å²) in [6.07, 6.45) is 14.6. The van der Waals surface area contributed by atoms with E-state index >= 15 is 0 Å². The van der Waals surface area contributed by atoms with Crippen molar-refractivity contribution in [2.24, 2.45) is 0 Å². The number of amides is 1. The molecule has 5 aromatic rings. The number of ether oxygens (including phenoxy) is 2. The molecule has 1 amide bonds. The van der Waals surface area contributed by atoms with Gasteiger partial charge in [-0.05, 0) is 109 Å². The highest BCUT2D eigenvalue weighted by atomic mass is 35.5. The highest BCUT2D eigenvalue weighted by Gasteiger charge is 2.35. The minimum atomic E-state index is -0.414. The Balaban J connectivity index is 0.00000352. The van der Waals surface area contributed by atoms with E-state index < -0.39 is 5.91 Å². The molecule has 1 atom stereocenters. The van der Waals surface area contributed by atoms with Crippen LogP contribution >= 0.6 is 36.4 Å². The van der Waals surface area contributed by atoms with Gasteiger partial charge in [0.25, 0.3) is 5.91 Å². The van der Waals surface area contributed by atoms with Crippen molar-refractivity contribution in [3.8, 4) is 11.5 Å². The third-order valence-corrected chi connectivity index (χ3v) is 11.3. The first kappa shape index (κ1) is 52.3. The van der Waals surface area contributed by atoms with E-state index in [-0.39, 0.29) is 90.5 Å². The fourth-order valence-electron chi connectivity index (χ4n) is 7.70. The standard InChI is InChI=1S/C46H53ClN8O5.3ClH/c47-43-45(49)54-44(48)42(53-43)46(58)52-37-6-3-29-55(30-37,27-1-4-33-9-15-40(16-10-33)59-31-38(56)13-7-35-19-23-50-24-20-35)28-2-5-34-11-17-41(18-12-34)60-32-39(57)14-8-36-21-25-51-26-22-36;;;/h9-12,15-26,37H,1-8,13-14,27-32H2,(H4-,48,49,52,54,58);3*1H/t37-;;;/m0.../s1. The van der Waals surface area contributed by atoms with E-state index in [1.165, 1.54) is 11.1 Å². The maximum absolute atomic E-state index is 13.4. The minimum Gasteiger partial charge on any atom is -1.00 e. The lowest BCUT2D eigenvalue weighted by Gasteiger charge is -2.45. The molecule has 4 heterocycles. The van der Waals surface area contributed by atoms with Crippen molar-refractivity contribution >= 4 is 65.5 Å². The Hall–Kier alpha value is -5.05. The fraction of sp³-hybridized carbons (Fsp3) is 0.370. The molecule has 13 nitrogen and oxygen atoms in total. The number of anilines is 2. The maximum atomic E-state index is 13.4. The first-order chi connectivity index (χ1) is 29.1. The number of carbonyl (C=O) groups is 3. The van der Waals surface area contributed by atoms with E-state index in [0.29, 0.717) is 37.2 Å². The third-order valence-electron chi connectivity index (χ3n) is 11.0. The second-order valence-corrected chi connectivity index (χ2v) is 15.9. The van der Waals surface area contributed by atoms with Gasteiger partial charge in [-0.25, -0.2) is 9.97 Å². The second-order valence-electron chi connectivity index (χ2n) is 15.5. The molecular weight excluding hydrogens is 886 g/mol. The predicted octanol–water partition coefficient (Wildman–Crippen LogP) is 4.07.